The molecular formula is C16H23N3O2. The van der Waals surface area contributed by atoms with Crippen molar-refractivity contribution in [2.45, 2.75) is 33.2 Å². The Hall–Kier alpha value is -2.04. The summed E-state index contributed by atoms with van der Waals surface area (Å²) in [6.07, 6.45) is 0.345. The molecule has 1 fully saturated rings. The average molecular weight is 289 g/mol. The molecule has 114 valence electrons. The van der Waals surface area contributed by atoms with Crippen LogP contribution in [0.4, 0.5) is 10.5 Å². The Morgan fingerprint density at radius 3 is 2.57 bits per heavy atom. The largest absolute Gasteiger partial charge is 0.338 e. The maximum Gasteiger partial charge on any atom is 0.315 e. The molecule has 5 nitrogen and oxygen atoms in total. The molecule has 1 aromatic carbocycles. The molecule has 0 spiro atoms. The first kappa shape index (κ1) is 15.4. The van der Waals surface area contributed by atoms with Gasteiger partial charge in [0.05, 0.1) is 6.04 Å². The van der Waals surface area contributed by atoms with Crippen LogP contribution in [-0.2, 0) is 4.79 Å². The second kappa shape index (κ2) is 6.16. The first-order valence-corrected chi connectivity index (χ1v) is 7.25. The van der Waals surface area contributed by atoms with Crippen molar-refractivity contribution >= 4 is 17.6 Å². The molecule has 1 saturated heterocycles. The van der Waals surface area contributed by atoms with Gasteiger partial charge in [0.15, 0.2) is 0 Å². The molecule has 1 heterocycles. The molecule has 2 N–H and O–H groups in total. The van der Waals surface area contributed by atoms with Gasteiger partial charge in [-0.3, -0.25) is 4.79 Å². The summed E-state index contributed by atoms with van der Waals surface area (Å²) < 4.78 is 0. The van der Waals surface area contributed by atoms with E-state index in [1.165, 1.54) is 0 Å². The highest BCUT2D eigenvalue weighted by Gasteiger charge is 2.31. The Morgan fingerprint density at radius 2 is 1.95 bits per heavy atom. The molecule has 1 unspecified atom stereocenters. The van der Waals surface area contributed by atoms with E-state index in [4.69, 9.17) is 0 Å². The van der Waals surface area contributed by atoms with E-state index in [2.05, 4.69) is 31.4 Å². The maximum absolute atomic E-state index is 12.0. The summed E-state index contributed by atoms with van der Waals surface area (Å²) in [6, 6.07) is 9.17. The van der Waals surface area contributed by atoms with Crippen LogP contribution in [0.15, 0.2) is 30.3 Å². The van der Waals surface area contributed by atoms with Crippen LogP contribution in [0.5, 0.6) is 0 Å². The summed E-state index contributed by atoms with van der Waals surface area (Å²) in [5.41, 5.74) is 0.917. The van der Waals surface area contributed by atoms with Crippen molar-refractivity contribution in [2.24, 2.45) is 5.41 Å². The lowest BCUT2D eigenvalue weighted by atomic mass is 9.97. The number of hydrogen-bond acceptors (Lipinski definition) is 2. The Balaban J connectivity index is 1.87. The molecule has 0 radical (unpaired) electrons. The SMILES string of the molecule is CC(C)(C)CNC(=O)NC1CC(=O)N(c2ccccc2)C1. The van der Waals surface area contributed by atoms with Crippen molar-refractivity contribution in [2.75, 3.05) is 18.0 Å². The van der Waals surface area contributed by atoms with Crippen LogP contribution in [0.25, 0.3) is 0 Å². The van der Waals surface area contributed by atoms with Crippen LogP contribution in [0.2, 0.25) is 0 Å². The number of carbonyl (C=O) groups excluding carboxylic acids is 2. The van der Waals surface area contributed by atoms with Gasteiger partial charge in [0, 0.05) is 25.2 Å². The normalized spacial score (nSPS) is 18.7. The molecule has 0 bridgehead atoms. The number of para-hydroxylation sites is 1. The molecule has 1 aromatic rings. The maximum atomic E-state index is 12.0. The standard InChI is InChI=1S/C16H23N3O2/c1-16(2,3)11-17-15(21)18-12-9-14(20)19(10-12)13-7-5-4-6-8-13/h4-8,12H,9-11H2,1-3H3,(H2,17,18,21). The minimum atomic E-state index is -0.211. The third-order valence-corrected chi connectivity index (χ3v) is 3.31. The van der Waals surface area contributed by atoms with Gasteiger partial charge in [-0.25, -0.2) is 4.79 Å². The highest BCUT2D eigenvalue weighted by Crippen LogP contribution is 2.20. The predicted molar refractivity (Wildman–Crippen MR) is 83.2 cm³/mol. The van der Waals surface area contributed by atoms with Gasteiger partial charge in [-0.2, -0.15) is 0 Å². The van der Waals surface area contributed by atoms with Crippen molar-refractivity contribution in [3.63, 3.8) is 0 Å². The molecule has 21 heavy (non-hydrogen) atoms. The van der Waals surface area contributed by atoms with Crippen LogP contribution < -0.4 is 15.5 Å². The van der Waals surface area contributed by atoms with Crippen molar-refractivity contribution in [3.05, 3.63) is 30.3 Å². The van der Waals surface area contributed by atoms with E-state index < -0.39 is 0 Å². The summed E-state index contributed by atoms with van der Waals surface area (Å²) in [5.74, 6) is 0.0438. The summed E-state index contributed by atoms with van der Waals surface area (Å²) in [7, 11) is 0. The first-order chi connectivity index (χ1) is 9.85. The highest BCUT2D eigenvalue weighted by atomic mass is 16.2. The lowest BCUT2D eigenvalue weighted by Gasteiger charge is -2.20. The zero-order chi connectivity index (χ0) is 15.5. The molecule has 1 atom stereocenters. The Bertz CT molecular complexity index is 508. The van der Waals surface area contributed by atoms with Gasteiger partial charge in [0.2, 0.25) is 5.91 Å². The van der Waals surface area contributed by atoms with Gasteiger partial charge in [0.25, 0.3) is 0 Å². The topological polar surface area (TPSA) is 61.4 Å². The number of urea groups is 1. The van der Waals surface area contributed by atoms with E-state index >= 15 is 0 Å². The molecule has 1 aliphatic rings. The number of carbonyl (C=O) groups is 2. The lowest BCUT2D eigenvalue weighted by molar-refractivity contribution is -0.117. The molecule has 1 aliphatic heterocycles. The van der Waals surface area contributed by atoms with Crippen molar-refractivity contribution in [3.8, 4) is 0 Å². The lowest BCUT2D eigenvalue weighted by Crippen LogP contribution is -2.45. The van der Waals surface area contributed by atoms with Gasteiger partial charge < -0.3 is 15.5 Å². The van der Waals surface area contributed by atoms with E-state index in [0.717, 1.165) is 5.69 Å². The van der Waals surface area contributed by atoms with Crippen molar-refractivity contribution < 1.29 is 9.59 Å². The Kier molecular flexibility index (Phi) is 4.50. The van der Waals surface area contributed by atoms with Gasteiger partial charge in [0.1, 0.15) is 0 Å². The smallest absolute Gasteiger partial charge is 0.315 e. The van der Waals surface area contributed by atoms with Crippen molar-refractivity contribution in [1.29, 1.82) is 0 Å². The van der Waals surface area contributed by atoms with Gasteiger partial charge in [-0.05, 0) is 17.5 Å². The first-order valence-electron chi connectivity index (χ1n) is 7.25. The molecule has 0 saturated carbocycles. The molecule has 3 amide bonds. The number of nitrogens with one attached hydrogen (secondary N) is 2. The Labute approximate surface area is 125 Å². The van der Waals surface area contributed by atoms with Gasteiger partial charge >= 0.3 is 6.03 Å². The van der Waals surface area contributed by atoms with E-state index in [9.17, 15) is 9.59 Å². The van der Waals surface area contributed by atoms with Crippen LogP contribution >= 0.6 is 0 Å². The highest BCUT2D eigenvalue weighted by molar-refractivity contribution is 5.96. The predicted octanol–water partition coefficient (Wildman–Crippen LogP) is 2.14. The number of benzene rings is 1. The van der Waals surface area contributed by atoms with E-state index in [0.29, 0.717) is 19.5 Å². The third kappa shape index (κ3) is 4.48. The minimum Gasteiger partial charge on any atom is -0.338 e. The van der Waals surface area contributed by atoms with Crippen LogP contribution in [0, 0.1) is 5.41 Å². The Morgan fingerprint density at radius 1 is 1.29 bits per heavy atom. The van der Waals surface area contributed by atoms with Crippen LogP contribution in [-0.4, -0.2) is 31.1 Å². The number of rotatable bonds is 3. The van der Waals surface area contributed by atoms with Crippen molar-refractivity contribution in [1.82, 2.24) is 10.6 Å². The fourth-order valence-electron chi connectivity index (χ4n) is 2.24. The summed E-state index contributed by atoms with van der Waals surface area (Å²) in [5, 5.41) is 5.71. The molecule has 2 rings (SSSR count). The zero-order valence-electron chi connectivity index (χ0n) is 12.8. The van der Waals surface area contributed by atoms with Gasteiger partial charge in [-0.1, -0.05) is 39.0 Å². The fourth-order valence-corrected chi connectivity index (χ4v) is 2.24. The molecule has 5 heteroatoms. The fraction of sp³-hybridized carbons (Fsp3) is 0.500. The number of hydrogen-bond donors (Lipinski definition) is 2. The monoisotopic (exact) mass is 289 g/mol. The second-order valence-corrected chi connectivity index (χ2v) is 6.63. The molecule has 0 aliphatic carbocycles. The van der Waals surface area contributed by atoms with E-state index in [1.807, 2.05) is 30.3 Å². The minimum absolute atomic E-state index is 0.0406. The van der Waals surface area contributed by atoms with Crippen LogP contribution in [0.3, 0.4) is 0 Å². The summed E-state index contributed by atoms with van der Waals surface area (Å²) >= 11 is 0. The van der Waals surface area contributed by atoms with E-state index in [-0.39, 0.29) is 23.4 Å². The number of nitrogens with zero attached hydrogens (tertiary/aromatic N) is 1. The van der Waals surface area contributed by atoms with E-state index in [1.54, 1.807) is 4.90 Å². The third-order valence-electron chi connectivity index (χ3n) is 3.31. The average Bonchev–Trinajstić information content (AvgIpc) is 2.77. The summed E-state index contributed by atoms with van der Waals surface area (Å²) in [6.45, 7) is 7.30. The summed E-state index contributed by atoms with van der Waals surface area (Å²) in [4.78, 5) is 25.6. The number of anilines is 1. The molecular weight excluding hydrogens is 266 g/mol. The quantitative estimate of drug-likeness (QED) is 0.895. The zero-order valence-corrected chi connectivity index (χ0v) is 12.8. The van der Waals surface area contributed by atoms with Crippen LogP contribution in [0.1, 0.15) is 27.2 Å². The number of amides is 3. The van der Waals surface area contributed by atoms with Gasteiger partial charge in [-0.15, -0.1) is 0 Å². The second-order valence-electron chi connectivity index (χ2n) is 6.63. The molecule has 0 aromatic heterocycles.